The SMILES string of the molecule is CC(C)=CCCC(C)=CCC[C@](C)(O)[C@H](O)Cc1c[nH]c(N(O)O)c1. The first kappa shape index (κ1) is 21.4. The predicted octanol–water partition coefficient (Wildman–Crippen LogP) is 3.73. The van der Waals surface area contributed by atoms with E-state index in [1.807, 2.05) is 0 Å². The molecule has 6 nitrogen and oxygen atoms in total. The van der Waals surface area contributed by atoms with Gasteiger partial charge >= 0.3 is 0 Å². The van der Waals surface area contributed by atoms with Gasteiger partial charge in [-0.25, -0.2) is 0 Å². The smallest absolute Gasteiger partial charge is 0.161 e. The molecule has 0 aromatic carbocycles. The molecule has 5 N–H and O–H groups in total. The Bertz CT molecular complexity index is 584. The van der Waals surface area contributed by atoms with Gasteiger partial charge in [0.1, 0.15) is 0 Å². The molecule has 1 heterocycles. The summed E-state index contributed by atoms with van der Waals surface area (Å²) in [5, 5.41) is 38.7. The highest BCUT2D eigenvalue weighted by atomic mass is 16.8. The van der Waals surface area contributed by atoms with Gasteiger partial charge in [-0.2, -0.15) is 0 Å². The molecule has 0 fully saturated rings. The summed E-state index contributed by atoms with van der Waals surface area (Å²) in [6, 6.07) is 1.51. The summed E-state index contributed by atoms with van der Waals surface area (Å²) in [4.78, 5) is 2.67. The first-order chi connectivity index (χ1) is 11.6. The minimum Gasteiger partial charge on any atom is -0.390 e. The molecule has 0 radical (unpaired) electrons. The van der Waals surface area contributed by atoms with Crippen LogP contribution in [0.4, 0.5) is 5.82 Å². The maximum atomic E-state index is 10.5. The van der Waals surface area contributed by atoms with E-state index in [0.717, 1.165) is 12.8 Å². The van der Waals surface area contributed by atoms with Gasteiger partial charge < -0.3 is 15.2 Å². The average molecular weight is 352 g/mol. The molecular weight excluding hydrogens is 320 g/mol. The van der Waals surface area contributed by atoms with E-state index in [1.165, 1.54) is 17.2 Å². The third-order valence-corrected chi connectivity index (χ3v) is 4.32. The van der Waals surface area contributed by atoms with Crippen molar-refractivity contribution in [1.29, 1.82) is 0 Å². The Morgan fingerprint density at radius 3 is 2.48 bits per heavy atom. The summed E-state index contributed by atoms with van der Waals surface area (Å²) in [6.45, 7) is 7.89. The number of anilines is 1. The van der Waals surface area contributed by atoms with Crippen molar-refractivity contribution < 1.29 is 20.6 Å². The van der Waals surface area contributed by atoms with Crippen molar-refractivity contribution in [2.45, 2.75) is 71.5 Å². The van der Waals surface area contributed by atoms with Gasteiger partial charge in [0.2, 0.25) is 0 Å². The molecule has 2 atom stereocenters. The standard InChI is InChI=1S/C19H32N2O4/c1-14(2)7-5-8-15(3)9-6-10-19(4,23)17(22)11-16-12-18(20-13-16)21(24)25/h7,9,12-13,17,20,22-25H,5-6,8,10-11H2,1-4H3/t17-,19+/m1/s1. The van der Waals surface area contributed by atoms with Crippen molar-refractivity contribution in [2.24, 2.45) is 0 Å². The Labute approximate surface area is 150 Å². The number of allylic oxidation sites excluding steroid dienone is 4. The van der Waals surface area contributed by atoms with E-state index in [2.05, 4.69) is 37.9 Å². The van der Waals surface area contributed by atoms with Crippen LogP contribution in [0.25, 0.3) is 0 Å². The number of aliphatic hydroxyl groups excluding tert-OH is 1. The molecule has 0 bridgehead atoms. The molecule has 0 aliphatic heterocycles. The van der Waals surface area contributed by atoms with Gasteiger partial charge in [0.25, 0.3) is 0 Å². The Hall–Kier alpha value is -1.60. The van der Waals surface area contributed by atoms with E-state index in [0.29, 0.717) is 18.4 Å². The average Bonchev–Trinajstić information content (AvgIpc) is 2.95. The largest absolute Gasteiger partial charge is 0.390 e. The number of hydrogen-bond acceptors (Lipinski definition) is 5. The molecule has 0 spiro atoms. The van der Waals surface area contributed by atoms with Crippen LogP contribution in [0.5, 0.6) is 0 Å². The number of nitrogens with zero attached hydrogens (tertiary/aromatic N) is 1. The van der Waals surface area contributed by atoms with Crippen molar-refractivity contribution >= 4 is 5.82 Å². The van der Waals surface area contributed by atoms with E-state index in [-0.39, 0.29) is 17.5 Å². The highest BCUT2D eigenvalue weighted by Crippen LogP contribution is 2.23. The van der Waals surface area contributed by atoms with Gasteiger partial charge in [-0.05, 0) is 65.0 Å². The summed E-state index contributed by atoms with van der Waals surface area (Å²) >= 11 is 0. The van der Waals surface area contributed by atoms with Gasteiger partial charge in [0.05, 0.1) is 11.7 Å². The molecule has 1 aromatic heterocycles. The fraction of sp³-hybridized carbons (Fsp3) is 0.579. The van der Waals surface area contributed by atoms with Crippen molar-refractivity contribution in [3.63, 3.8) is 0 Å². The zero-order chi connectivity index (χ0) is 19.0. The Morgan fingerprint density at radius 1 is 1.24 bits per heavy atom. The molecule has 0 unspecified atom stereocenters. The van der Waals surface area contributed by atoms with Gasteiger partial charge in [0.15, 0.2) is 5.82 Å². The van der Waals surface area contributed by atoms with Crippen LogP contribution in [0, 0.1) is 0 Å². The summed E-state index contributed by atoms with van der Waals surface area (Å²) in [5.41, 5.74) is 2.07. The second-order valence-electron chi connectivity index (χ2n) is 7.17. The van der Waals surface area contributed by atoms with Gasteiger partial charge in [-0.3, -0.25) is 10.4 Å². The van der Waals surface area contributed by atoms with E-state index in [9.17, 15) is 10.2 Å². The van der Waals surface area contributed by atoms with Crippen LogP contribution in [0.15, 0.2) is 35.6 Å². The second-order valence-corrected chi connectivity index (χ2v) is 7.17. The summed E-state index contributed by atoms with van der Waals surface area (Å²) in [6.07, 6.45) is 8.35. The van der Waals surface area contributed by atoms with E-state index < -0.39 is 11.7 Å². The molecule has 0 saturated carbocycles. The molecule has 1 aromatic rings. The van der Waals surface area contributed by atoms with Crippen LogP contribution >= 0.6 is 0 Å². The monoisotopic (exact) mass is 352 g/mol. The summed E-state index contributed by atoms with van der Waals surface area (Å²) < 4.78 is 0. The van der Waals surface area contributed by atoms with Gasteiger partial charge in [-0.1, -0.05) is 23.3 Å². The molecule has 0 amide bonds. The maximum absolute atomic E-state index is 10.5. The number of rotatable bonds is 10. The number of aromatic amines is 1. The lowest BCUT2D eigenvalue weighted by Gasteiger charge is -2.28. The molecule has 142 valence electrons. The number of hydrogen-bond donors (Lipinski definition) is 5. The minimum atomic E-state index is -1.22. The first-order valence-electron chi connectivity index (χ1n) is 8.66. The van der Waals surface area contributed by atoms with Crippen molar-refractivity contribution in [3.05, 3.63) is 41.1 Å². The minimum absolute atomic E-state index is 0.0170. The van der Waals surface area contributed by atoms with Crippen molar-refractivity contribution in [2.75, 3.05) is 5.23 Å². The number of nitrogens with one attached hydrogen (secondary N) is 1. The third kappa shape index (κ3) is 7.88. The fourth-order valence-electron chi connectivity index (χ4n) is 2.57. The van der Waals surface area contributed by atoms with Crippen LogP contribution in [-0.2, 0) is 6.42 Å². The highest BCUT2D eigenvalue weighted by Gasteiger charge is 2.29. The Balaban J connectivity index is 2.48. The molecule has 0 saturated heterocycles. The van der Waals surface area contributed by atoms with E-state index in [1.54, 1.807) is 13.1 Å². The van der Waals surface area contributed by atoms with Crippen molar-refractivity contribution in [1.82, 2.24) is 4.98 Å². The Morgan fingerprint density at radius 2 is 1.92 bits per heavy atom. The van der Waals surface area contributed by atoms with Crippen LogP contribution in [-0.4, -0.2) is 37.3 Å². The lowest BCUT2D eigenvalue weighted by atomic mass is 9.89. The molecule has 6 heteroatoms. The molecular formula is C19H32N2O4. The fourth-order valence-corrected chi connectivity index (χ4v) is 2.57. The highest BCUT2D eigenvalue weighted by molar-refractivity contribution is 5.37. The van der Waals surface area contributed by atoms with Gasteiger partial charge in [-0.15, -0.1) is 5.23 Å². The van der Waals surface area contributed by atoms with Crippen LogP contribution in [0.2, 0.25) is 0 Å². The van der Waals surface area contributed by atoms with Gasteiger partial charge in [0, 0.05) is 12.6 Å². The van der Waals surface area contributed by atoms with Crippen molar-refractivity contribution in [3.8, 4) is 0 Å². The normalized spacial score (nSPS) is 15.6. The number of H-pyrrole nitrogens is 1. The maximum Gasteiger partial charge on any atom is 0.161 e. The van der Waals surface area contributed by atoms with Crippen LogP contribution < -0.4 is 5.23 Å². The molecule has 0 aliphatic carbocycles. The lowest BCUT2D eigenvalue weighted by molar-refractivity contribution is -0.0654. The van der Waals surface area contributed by atoms with E-state index >= 15 is 0 Å². The zero-order valence-corrected chi connectivity index (χ0v) is 15.7. The molecule has 1 rings (SSSR count). The first-order valence-corrected chi connectivity index (χ1v) is 8.66. The molecule has 25 heavy (non-hydrogen) atoms. The predicted molar refractivity (Wildman–Crippen MR) is 98.8 cm³/mol. The van der Waals surface area contributed by atoms with E-state index in [4.69, 9.17) is 10.4 Å². The second kappa shape index (κ2) is 9.77. The van der Waals surface area contributed by atoms with Crippen LogP contribution in [0.1, 0.15) is 58.9 Å². The lowest BCUT2D eigenvalue weighted by Crippen LogP contribution is -2.40. The molecule has 0 aliphatic rings. The number of aliphatic hydroxyl groups is 2. The Kier molecular flexibility index (Phi) is 8.38. The quantitative estimate of drug-likeness (QED) is 0.326. The van der Waals surface area contributed by atoms with Crippen LogP contribution in [0.3, 0.4) is 0 Å². The third-order valence-electron chi connectivity index (χ3n) is 4.32. The number of aromatic nitrogens is 1. The zero-order valence-electron chi connectivity index (χ0n) is 15.7. The topological polar surface area (TPSA) is 100.0 Å². The summed E-state index contributed by atoms with van der Waals surface area (Å²) in [7, 11) is 0. The summed E-state index contributed by atoms with van der Waals surface area (Å²) in [5.74, 6) is 0.108.